The molecule has 0 radical (unpaired) electrons. The molecule has 0 aliphatic carbocycles. The van der Waals surface area contributed by atoms with Gasteiger partial charge in [0, 0.05) is 21.7 Å². The van der Waals surface area contributed by atoms with Crippen molar-refractivity contribution in [1.29, 1.82) is 0 Å². The van der Waals surface area contributed by atoms with Gasteiger partial charge in [0.25, 0.3) is 0 Å². The van der Waals surface area contributed by atoms with Gasteiger partial charge in [0.1, 0.15) is 5.01 Å². The number of hydrogen-bond acceptors (Lipinski definition) is 4. The van der Waals surface area contributed by atoms with Gasteiger partial charge < -0.3 is 5.32 Å². The first kappa shape index (κ1) is 10.6. The van der Waals surface area contributed by atoms with Gasteiger partial charge in [-0.1, -0.05) is 0 Å². The second kappa shape index (κ2) is 4.72. The van der Waals surface area contributed by atoms with Crippen molar-refractivity contribution in [3.63, 3.8) is 0 Å². The van der Waals surface area contributed by atoms with Gasteiger partial charge in [0.05, 0.1) is 18.4 Å². The van der Waals surface area contributed by atoms with E-state index in [-0.39, 0.29) is 0 Å². The van der Waals surface area contributed by atoms with Crippen LogP contribution in [-0.2, 0) is 6.54 Å². The first-order chi connectivity index (χ1) is 7.24. The van der Waals surface area contributed by atoms with E-state index in [1.54, 1.807) is 23.7 Å². The molecule has 0 bridgehead atoms. The molecule has 15 heavy (non-hydrogen) atoms. The Morgan fingerprint density at radius 2 is 2.33 bits per heavy atom. The largest absolute Gasteiger partial charge is 0.377 e. The maximum absolute atomic E-state index is 4.37. The molecule has 2 aromatic rings. The van der Waals surface area contributed by atoms with E-state index in [1.807, 2.05) is 13.0 Å². The maximum Gasteiger partial charge on any atom is 0.112 e. The summed E-state index contributed by atoms with van der Waals surface area (Å²) < 4.78 is 0.975. The third-order valence-electron chi connectivity index (χ3n) is 1.82. The smallest absolute Gasteiger partial charge is 0.112 e. The second-order valence-electron chi connectivity index (χ2n) is 3.13. The lowest BCUT2D eigenvalue weighted by Gasteiger charge is -2.03. The maximum atomic E-state index is 4.37. The Kier molecular flexibility index (Phi) is 3.33. The number of nitrogens with one attached hydrogen (secondary N) is 1. The number of anilines is 1. The van der Waals surface area contributed by atoms with Crippen LogP contribution in [0.15, 0.2) is 28.3 Å². The highest BCUT2D eigenvalue weighted by Crippen LogP contribution is 2.15. The Labute approximate surface area is 101 Å². The van der Waals surface area contributed by atoms with Gasteiger partial charge in [-0.25, -0.2) is 4.98 Å². The number of pyridine rings is 1. The van der Waals surface area contributed by atoms with Gasteiger partial charge in [0.15, 0.2) is 0 Å². The van der Waals surface area contributed by atoms with Crippen LogP contribution in [0.4, 0.5) is 5.69 Å². The molecule has 0 fully saturated rings. The van der Waals surface area contributed by atoms with Crippen molar-refractivity contribution in [2.24, 2.45) is 0 Å². The molecule has 3 nitrogen and oxygen atoms in total. The first-order valence-corrected chi connectivity index (χ1v) is 6.17. The lowest BCUT2D eigenvalue weighted by Crippen LogP contribution is -1.99. The molecule has 2 rings (SSSR count). The SMILES string of the molecule is Cc1csc(CNc2cncc(Br)c2)n1. The van der Waals surface area contributed by atoms with Gasteiger partial charge in [-0.2, -0.15) is 0 Å². The summed E-state index contributed by atoms with van der Waals surface area (Å²) in [6.45, 7) is 2.75. The number of aryl methyl sites for hydroxylation is 1. The van der Waals surface area contributed by atoms with E-state index >= 15 is 0 Å². The van der Waals surface area contributed by atoms with E-state index in [9.17, 15) is 0 Å². The van der Waals surface area contributed by atoms with Crippen LogP contribution in [0, 0.1) is 6.92 Å². The fourth-order valence-corrected chi connectivity index (χ4v) is 2.25. The monoisotopic (exact) mass is 283 g/mol. The van der Waals surface area contributed by atoms with Crippen LogP contribution in [0.3, 0.4) is 0 Å². The number of halogens is 1. The standard InChI is InChI=1S/C10H10BrN3S/c1-7-6-15-10(14-7)5-13-9-2-8(11)3-12-4-9/h2-4,6,13H,5H2,1H3. The summed E-state index contributed by atoms with van der Waals surface area (Å²) >= 11 is 5.04. The topological polar surface area (TPSA) is 37.8 Å². The van der Waals surface area contributed by atoms with E-state index in [1.165, 1.54) is 0 Å². The molecule has 0 saturated carbocycles. The van der Waals surface area contributed by atoms with Crippen molar-refractivity contribution in [3.8, 4) is 0 Å². The van der Waals surface area contributed by atoms with Crippen LogP contribution in [0.5, 0.6) is 0 Å². The number of thiazole rings is 1. The zero-order valence-corrected chi connectivity index (χ0v) is 10.6. The quantitative estimate of drug-likeness (QED) is 0.940. The van der Waals surface area contributed by atoms with Crippen LogP contribution >= 0.6 is 27.3 Å². The van der Waals surface area contributed by atoms with Crippen LogP contribution in [0.2, 0.25) is 0 Å². The lowest BCUT2D eigenvalue weighted by atomic mass is 10.4. The van der Waals surface area contributed by atoms with Crippen LogP contribution < -0.4 is 5.32 Å². The average Bonchev–Trinajstić information content (AvgIpc) is 2.62. The fourth-order valence-electron chi connectivity index (χ4n) is 1.17. The minimum absolute atomic E-state index is 0.747. The predicted octanol–water partition coefficient (Wildman–Crippen LogP) is 3.22. The number of nitrogens with zero attached hydrogens (tertiary/aromatic N) is 2. The van der Waals surface area contributed by atoms with Gasteiger partial charge in [-0.3, -0.25) is 4.98 Å². The number of hydrogen-bond donors (Lipinski definition) is 1. The average molecular weight is 284 g/mol. The highest BCUT2D eigenvalue weighted by Gasteiger charge is 1.99. The molecule has 0 aliphatic heterocycles. The minimum atomic E-state index is 0.747. The molecule has 2 heterocycles. The molecule has 0 atom stereocenters. The molecule has 1 N–H and O–H groups in total. The lowest BCUT2D eigenvalue weighted by molar-refractivity contribution is 1.07. The third-order valence-corrected chi connectivity index (χ3v) is 3.22. The normalized spacial score (nSPS) is 10.3. The van der Waals surface area contributed by atoms with E-state index in [0.29, 0.717) is 0 Å². The van der Waals surface area contributed by atoms with Gasteiger partial charge in [-0.05, 0) is 28.9 Å². The molecule has 0 unspecified atom stereocenters. The summed E-state index contributed by atoms with van der Waals surface area (Å²) in [6.07, 6.45) is 3.56. The summed E-state index contributed by atoms with van der Waals surface area (Å²) in [5, 5.41) is 6.41. The summed E-state index contributed by atoms with van der Waals surface area (Å²) in [7, 11) is 0. The summed E-state index contributed by atoms with van der Waals surface area (Å²) in [6, 6.07) is 1.99. The molecule has 0 aromatic carbocycles. The molecule has 78 valence electrons. The van der Waals surface area contributed by atoms with Crippen molar-refractivity contribution >= 4 is 33.0 Å². The molecule has 0 spiro atoms. The fraction of sp³-hybridized carbons (Fsp3) is 0.200. The Balaban J connectivity index is 1.99. The Morgan fingerprint density at radius 3 is 3.00 bits per heavy atom. The molecule has 2 aromatic heterocycles. The van der Waals surface area contributed by atoms with Crippen molar-refractivity contribution in [3.05, 3.63) is 39.0 Å². The van der Waals surface area contributed by atoms with E-state index in [0.717, 1.165) is 27.4 Å². The highest BCUT2D eigenvalue weighted by molar-refractivity contribution is 9.10. The molecular weight excluding hydrogens is 274 g/mol. The van der Waals surface area contributed by atoms with E-state index in [4.69, 9.17) is 0 Å². The van der Waals surface area contributed by atoms with Crippen molar-refractivity contribution in [2.75, 3.05) is 5.32 Å². The van der Waals surface area contributed by atoms with E-state index in [2.05, 4.69) is 36.6 Å². The molecule has 0 aliphatic rings. The molecule has 0 saturated heterocycles. The molecule has 0 amide bonds. The number of rotatable bonds is 3. The van der Waals surface area contributed by atoms with Crippen molar-refractivity contribution in [2.45, 2.75) is 13.5 Å². The summed E-state index contributed by atoms with van der Waals surface area (Å²) in [4.78, 5) is 8.45. The zero-order chi connectivity index (χ0) is 10.7. The minimum Gasteiger partial charge on any atom is -0.377 e. The molecule has 5 heteroatoms. The third kappa shape index (κ3) is 3.00. The predicted molar refractivity (Wildman–Crippen MR) is 66.1 cm³/mol. The van der Waals surface area contributed by atoms with Gasteiger partial charge in [-0.15, -0.1) is 11.3 Å². The first-order valence-electron chi connectivity index (χ1n) is 4.49. The van der Waals surface area contributed by atoms with Gasteiger partial charge in [0.2, 0.25) is 0 Å². The van der Waals surface area contributed by atoms with Crippen LogP contribution in [0.25, 0.3) is 0 Å². The second-order valence-corrected chi connectivity index (χ2v) is 4.99. The highest BCUT2D eigenvalue weighted by atomic mass is 79.9. The number of aromatic nitrogens is 2. The summed E-state index contributed by atoms with van der Waals surface area (Å²) in [5.41, 5.74) is 2.07. The molecular formula is C10H10BrN3S. The van der Waals surface area contributed by atoms with Crippen molar-refractivity contribution in [1.82, 2.24) is 9.97 Å². The summed E-state index contributed by atoms with van der Waals surface area (Å²) in [5.74, 6) is 0. The Morgan fingerprint density at radius 1 is 1.47 bits per heavy atom. The Hall–Kier alpha value is -0.940. The van der Waals surface area contributed by atoms with Crippen LogP contribution in [-0.4, -0.2) is 9.97 Å². The van der Waals surface area contributed by atoms with Gasteiger partial charge >= 0.3 is 0 Å². The zero-order valence-electron chi connectivity index (χ0n) is 8.20. The Bertz CT molecular complexity index is 455. The van der Waals surface area contributed by atoms with Crippen LogP contribution in [0.1, 0.15) is 10.7 Å². The van der Waals surface area contributed by atoms with E-state index < -0.39 is 0 Å². The van der Waals surface area contributed by atoms with Crippen molar-refractivity contribution < 1.29 is 0 Å².